The standard InChI is InChI=1S/C11H10F3N3S/c12-11(13,14)9-16-17-10(18-9)15-7-6-8-4-2-1-3-5-8/h1-5H,6-7H2,(H,15,17). The lowest BCUT2D eigenvalue weighted by Crippen LogP contribution is -2.04. The van der Waals surface area contributed by atoms with E-state index in [2.05, 4.69) is 15.5 Å². The van der Waals surface area contributed by atoms with E-state index in [1.54, 1.807) is 0 Å². The molecule has 0 saturated heterocycles. The summed E-state index contributed by atoms with van der Waals surface area (Å²) in [5, 5.41) is 8.64. The summed E-state index contributed by atoms with van der Waals surface area (Å²) in [6, 6.07) is 9.67. The molecule has 0 amide bonds. The normalized spacial score (nSPS) is 11.5. The van der Waals surface area contributed by atoms with Crippen molar-refractivity contribution < 1.29 is 13.2 Å². The van der Waals surface area contributed by atoms with Crippen LogP contribution in [0.3, 0.4) is 0 Å². The largest absolute Gasteiger partial charge is 0.445 e. The van der Waals surface area contributed by atoms with Crippen molar-refractivity contribution in [2.24, 2.45) is 0 Å². The molecular formula is C11H10F3N3S. The van der Waals surface area contributed by atoms with Gasteiger partial charge in [-0.15, -0.1) is 10.2 Å². The van der Waals surface area contributed by atoms with Crippen LogP contribution in [0, 0.1) is 0 Å². The van der Waals surface area contributed by atoms with Crippen LogP contribution >= 0.6 is 11.3 Å². The van der Waals surface area contributed by atoms with Crippen molar-refractivity contribution in [2.45, 2.75) is 12.6 Å². The van der Waals surface area contributed by atoms with Crippen LogP contribution in [0.1, 0.15) is 10.6 Å². The summed E-state index contributed by atoms with van der Waals surface area (Å²) < 4.78 is 36.8. The average molecular weight is 273 g/mol. The van der Waals surface area contributed by atoms with Gasteiger partial charge in [-0.05, 0) is 12.0 Å². The minimum absolute atomic E-state index is 0.193. The molecule has 0 radical (unpaired) electrons. The van der Waals surface area contributed by atoms with Gasteiger partial charge in [0, 0.05) is 6.54 Å². The molecule has 0 aliphatic rings. The van der Waals surface area contributed by atoms with Crippen LogP contribution < -0.4 is 5.32 Å². The first-order valence-electron chi connectivity index (χ1n) is 5.24. The maximum Gasteiger partial charge on any atom is 0.445 e. The SMILES string of the molecule is FC(F)(F)c1nnc(NCCc2ccccc2)s1. The minimum Gasteiger partial charge on any atom is -0.360 e. The van der Waals surface area contributed by atoms with Crippen molar-refractivity contribution in [1.82, 2.24) is 10.2 Å². The van der Waals surface area contributed by atoms with Gasteiger partial charge in [0.2, 0.25) is 10.1 Å². The monoisotopic (exact) mass is 273 g/mol. The second-order valence-corrected chi connectivity index (χ2v) is 4.55. The zero-order chi connectivity index (χ0) is 13.0. The molecule has 3 nitrogen and oxygen atoms in total. The zero-order valence-electron chi connectivity index (χ0n) is 9.24. The molecule has 1 N–H and O–H groups in total. The van der Waals surface area contributed by atoms with E-state index in [-0.39, 0.29) is 5.13 Å². The first-order chi connectivity index (χ1) is 8.55. The maximum absolute atomic E-state index is 12.3. The van der Waals surface area contributed by atoms with Crippen molar-refractivity contribution in [2.75, 3.05) is 11.9 Å². The topological polar surface area (TPSA) is 37.8 Å². The van der Waals surface area contributed by atoms with E-state index < -0.39 is 11.2 Å². The highest BCUT2D eigenvalue weighted by Gasteiger charge is 2.35. The number of rotatable bonds is 4. The van der Waals surface area contributed by atoms with Gasteiger partial charge in [0.1, 0.15) is 0 Å². The summed E-state index contributed by atoms with van der Waals surface area (Å²) in [6.45, 7) is 0.524. The predicted molar refractivity (Wildman–Crippen MR) is 63.5 cm³/mol. The Bertz CT molecular complexity index is 496. The number of nitrogens with zero attached hydrogens (tertiary/aromatic N) is 2. The smallest absolute Gasteiger partial charge is 0.360 e. The number of hydrogen-bond donors (Lipinski definition) is 1. The second kappa shape index (κ2) is 5.34. The molecule has 0 atom stereocenters. The molecule has 0 saturated carbocycles. The van der Waals surface area contributed by atoms with Crippen LogP contribution in [-0.2, 0) is 12.6 Å². The molecule has 7 heteroatoms. The molecule has 1 aromatic carbocycles. The van der Waals surface area contributed by atoms with Crippen molar-refractivity contribution in [3.05, 3.63) is 40.9 Å². The summed E-state index contributed by atoms with van der Waals surface area (Å²) in [5.41, 5.74) is 1.12. The molecule has 1 aromatic heterocycles. The molecule has 2 aromatic rings. The number of anilines is 1. The van der Waals surface area contributed by atoms with Crippen molar-refractivity contribution in [1.29, 1.82) is 0 Å². The van der Waals surface area contributed by atoms with Gasteiger partial charge in [-0.1, -0.05) is 41.7 Å². The minimum atomic E-state index is -4.42. The van der Waals surface area contributed by atoms with Gasteiger partial charge in [0.05, 0.1) is 0 Å². The molecule has 2 rings (SSSR count). The number of aromatic nitrogens is 2. The van der Waals surface area contributed by atoms with Crippen molar-refractivity contribution in [3.8, 4) is 0 Å². The summed E-state index contributed by atoms with van der Waals surface area (Å²) in [5.74, 6) is 0. The summed E-state index contributed by atoms with van der Waals surface area (Å²) >= 11 is 0.517. The number of nitrogens with one attached hydrogen (secondary N) is 1. The molecule has 0 bridgehead atoms. The van der Waals surface area contributed by atoms with Crippen molar-refractivity contribution in [3.63, 3.8) is 0 Å². The fourth-order valence-corrected chi connectivity index (χ4v) is 2.00. The number of hydrogen-bond acceptors (Lipinski definition) is 4. The third kappa shape index (κ3) is 3.43. The van der Waals surface area contributed by atoms with E-state index >= 15 is 0 Å². The van der Waals surface area contributed by atoms with Crippen molar-refractivity contribution >= 4 is 16.5 Å². The molecule has 0 aliphatic carbocycles. The predicted octanol–water partition coefficient (Wildman–Crippen LogP) is 3.21. The lowest BCUT2D eigenvalue weighted by atomic mass is 10.2. The van der Waals surface area contributed by atoms with Crippen LogP contribution in [0.25, 0.3) is 0 Å². The first kappa shape index (κ1) is 12.8. The molecule has 18 heavy (non-hydrogen) atoms. The van der Waals surface area contributed by atoms with E-state index in [4.69, 9.17) is 0 Å². The molecule has 0 fully saturated rings. The Balaban J connectivity index is 1.86. The first-order valence-corrected chi connectivity index (χ1v) is 6.06. The van der Waals surface area contributed by atoms with Crippen LogP contribution in [0.5, 0.6) is 0 Å². The molecule has 0 unspecified atom stereocenters. The Hall–Kier alpha value is -1.63. The van der Waals surface area contributed by atoms with Crippen LogP contribution in [-0.4, -0.2) is 16.7 Å². The highest BCUT2D eigenvalue weighted by Crippen LogP contribution is 2.32. The molecule has 1 heterocycles. The van der Waals surface area contributed by atoms with Crippen LogP contribution in [0.2, 0.25) is 0 Å². The average Bonchev–Trinajstić information content (AvgIpc) is 2.79. The van der Waals surface area contributed by atoms with Gasteiger partial charge >= 0.3 is 6.18 Å². The Morgan fingerprint density at radius 3 is 2.44 bits per heavy atom. The van der Waals surface area contributed by atoms with E-state index in [0.717, 1.165) is 12.0 Å². The molecule has 96 valence electrons. The number of halogens is 3. The van der Waals surface area contributed by atoms with Gasteiger partial charge in [-0.2, -0.15) is 13.2 Å². The van der Waals surface area contributed by atoms with Crippen LogP contribution in [0.15, 0.2) is 30.3 Å². The molecule has 0 aliphatic heterocycles. The Kier molecular flexibility index (Phi) is 3.81. The van der Waals surface area contributed by atoms with Gasteiger partial charge in [0.25, 0.3) is 0 Å². The summed E-state index contributed by atoms with van der Waals surface area (Å²) in [6.07, 6.45) is -3.70. The van der Waals surface area contributed by atoms with E-state index in [9.17, 15) is 13.2 Å². The van der Waals surface area contributed by atoms with Gasteiger partial charge < -0.3 is 5.32 Å². The number of benzene rings is 1. The van der Waals surface area contributed by atoms with Crippen LogP contribution in [0.4, 0.5) is 18.3 Å². The lowest BCUT2D eigenvalue weighted by Gasteiger charge is -2.02. The van der Waals surface area contributed by atoms with Gasteiger partial charge in [-0.3, -0.25) is 0 Å². The summed E-state index contributed by atoms with van der Waals surface area (Å²) in [4.78, 5) is 0. The van der Waals surface area contributed by atoms with E-state index in [1.807, 2.05) is 30.3 Å². The fraction of sp³-hybridized carbons (Fsp3) is 0.273. The van der Waals surface area contributed by atoms with E-state index in [0.29, 0.717) is 17.9 Å². The molecular weight excluding hydrogens is 263 g/mol. The lowest BCUT2D eigenvalue weighted by molar-refractivity contribution is -0.138. The maximum atomic E-state index is 12.3. The fourth-order valence-electron chi connectivity index (χ4n) is 1.37. The third-order valence-electron chi connectivity index (χ3n) is 2.20. The Labute approximate surface area is 106 Å². The second-order valence-electron chi connectivity index (χ2n) is 3.57. The van der Waals surface area contributed by atoms with E-state index in [1.165, 1.54) is 0 Å². The quantitative estimate of drug-likeness (QED) is 0.929. The molecule has 0 spiro atoms. The zero-order valence-corrected chi connectivity index (χ0v) is 10.1. The van der Waals surface area contributed by atoms with Gasteiger partial charge in [-0.25, -0.2) is 0 Å². The summed E-state index contributed by atoms with van der Waals surface area (Å²) in [7, 11) is 0. The highest BCUT2D eigenvalue weighted by atomic mass is 32.1. The number of alkyl halides is 3. The third-order valence-corrected chi connectivity index (χ3v) is 3.13. The highest BCUT2D eigenvalue weighted by molar-refractivity contribution is 7.15. The Morgan fingerprint density at radius 2 is 1.83 bits per heavy atom. The van der Waals surface area contributed by atoms with Gasteiger partial charge in [0.15, 0.2) is 0 Å². The Morgan fingerprint density at radius 1 is 1.11 bits per heavy atom.